The number of aryl methyl sites for hydroxylation is 2. The van der Waals surface area contributed by atoms with Gasteiger partial charge in [0.2, 0.25) is 0 Å². The second-order valence-corrected chi connectivity index (χ2v) is 4.31. The van der Waals surface area contributed by atoms with Crippen molar-refractivity contribution in [1.82, 2.24) is 15.2 Å². The third-order valence-electron chi connectivity index (χ3n) is 3.08. The van der Waals surface area contributed by atoms with Crippen LogP contribution in [0.2, 0.25) is 0 Å². The monoisotopic (exact) mass is 219 g/mol. The Kier molecular flexibility index (Phi) is 2.92. The number of hydrogen-bond acceptors (Lipinski definition) is 3. The summed E-state index contributed by atoms with van der Waals surface area (Å²) >= 11 is 0. The first-order valence-corrected chi connectivity index (χ1v) is 5.51. The molecule has 1 aromatic heterocycles. The molecule has 16 heavy (non-hydrogen) atoms. The Labute approximate surface area is 95.7 Å². The topological polar surface area (TPSA) is 45.2 Å². The average Bonchev–Trinajstić information content (AvgIpc) is 2.14. The van der Waals surface area contributed by atoms with Gasteiger partial charge in [-0.15, -0.1) is 0 Å². The zero-order valence-electron chi connectivity index (χ0n) is 9.95. The van der Waals surface area contributed by atoms with Crippen LogP contribution in [0, 0.1) is 13.8 Å². The van der Waals surface area contributed by atoms with Gasteiger partial charge in [-0.2, -0.15) is 0 Å². The molecule has 2 rings (SSSR count). The molecule has 2 heterocycles. The van der Waals surface area contributed by atoms with Crippen molar-refractivity contribution in [3.63, 3.8) is 0 Å². The van der Waals surface area contributed by atoms with Gasteiger partial charge in [-0.1, -0.05) is 0 Å². The number of nitrogens with one attached hydrogen (secondary N) is 1. The first-order chi connectivity index (χ1) is 7.59. The van der Waals surface area contributed by atoms with Gasteiger partial charge in [0.15, 0.2) is 0 Å². The van der Waals surface area contributed by atoms with Crippen LogP contribution in [0.5, 0.6) is 0 Å². The molecular weight excluding hydrogens is 202 g/mol. The standard InChI is InChI=1S/C12H17N3O/c1-8-4-5-11(9(2)14-8)12(16)15(3)10-6-13-7-10/h4-5,10,13H,6-7H2,1-3H3. The van der Waals surface area contributed by atoms with Gasteiger partial charge in [0.1, 0.15) is 0 Å². The molecule has 0 aliphatic carbocycles. The second kappa shape index (κ2) is 4.22. The summed E-state index contributed by atoms with van der Waals surface area (Å²) in [5.74, 6) is 0.0662. The SMILES string of the molecule is Cc1ccc(C(=O)N(C)C2CNC2)c(C)n1. The fraction of sp³-hybridized carbons (Fsp3) is 0.500. The van der Waals surface area contributed by atoms with E-state index in [1.165, 1.54) is 0 Å². The molecule has 1 saturated heterocycles. The summed E-state index contributed by atoms with van der Waals surface area (Å²) in [6.45, 7) is 5.59. The molecule has 1 fully saturated rings. The summed E-state index contributed by atoms with van der Waals surface area (Å²) < 4.78 is 0. The molecule has 1 aliphatic rings. The molecule has 4 heteroatoms. The first-order valence-electron chi connectivity index (χ1n) is 5.51. The largest absolute Gasteiger partial charge is 0.336 e. The van der Waals surface area contributed by atoms with Crippen LogP contribution in [0.15, 0.2) is 12.1 Å². The Morgan fingerprint density at radius 2 is 2.12 bits per heavy atom. The van der Waals surface area contributed by atoms with Gasteiger partial charge < -0.3 is 10.2 Å². The number of hydrogen-bond donors (Lipinski definition) is 1. The second-order valence-electron chi connectivity index (χ2n) is 4.31. The van der Waals surface area contributed by atoms with Crippen LogP contribution < -0.4 is 5.32 Å². The average molecular weight is 219 g/mol. The smallest absolute Gasteiger partial charge is 0.255 e. The molecule has 0 bridgehead atoms. The van der Waals surface area contributed by atoms with Crippen molar-refractivity contribution in [2.24, 2.45) is 0 Å². The summed E-state index contributed by atoms with van der Waals surface area (Å²) in [5, 5.41) is 3.16. The van der Waals surface area contributed by atoms with Crippen LogP contribution in [-0.4, -0.2) is 42.0 Å². The minimum absolute atomic E-state index is 0.0662. The molecule has 1 amide bonds. The van der Waals surface area contributed by atoms with Gasteiger partial charge in [0, 0.05) is 25.8 Å². The summed E-state index contributed by atoms with van der Waals surface area (Å²) in [4.78, 5) is 18.3. The Morgan fingerprint density at radius 3 is 2.62 bits per heavy atom. The number of carbonyl (C=O) groups is 1. The number of carbonyl (C=O) groups excluding carboxylic acids is 1. The first kappa shape index (κ1) is 11.1. The van der Waals surface area contributed by atoms with Crippen molar-refractivity contribution in [2.45, 2.75) is 19.9 Å². The highest BCUT2D eigenvalue weighted by Crippen LogP contribution is 2.12. The molecule has 0 unspecified atom stereocenters. The van der Waals surface area contributed by atoms with Gasteiger partial charge in [-0.3, -0.25) is 9.78 Å². The van der Waals surface area contributed by atoms with Crippen molar-refractivity contribution in [3.05, 3.63) is 29.1 Å². The minimum atomic E-state index is 0.0662. The van der Waals surface area contributed by atoms with Gasteiger partial charge in [-0.25, -0.2) is 0 Å². The van der Waals surface area contributed by atoms with E-state index in [1.54, 1.807) is 4.90 Å². The molecule has 0 aromatic carbocycles. The summed E-state index contributed by atoms with van der Waals surface area (Å²) in [6, 6.07) is 4.07. The van der Waals surface area contributed by atoms with Crippen LogP contribution in [0.25, 0.3) is 0 Å². The molecule has 1 aliphatic heterocycles. The van der Waals surface area contributed by atoms with Crippen molar-refractivity contribution in [3.8, 4) is 0 Å². The number of rotatable bonds is 2. The Balaban J connectivity index is 2.19. The van der Waals surface area contributed by atoms with Crippen LogP contribution in [0.4, 0.5) is 0 Å². The molecule has 1 N–H and O–H groups in total. The predicted molar refractivity (Wildman–Crippen MR) is 62.5 cm³/mol. The molecule has 86 valence electrons. The summed E-state index contributed by atoms with van der Waals surface area (Å²) in [6.07, 6.45) is 0. The maximum atomic E-state index is 12.2. The number of nitrogens with zero attached hydrogens (tertiary/aromatic N) is 2. The molecule has 0 saturated carbocycles. The van der Waals surface area contributed by atoms with Gasteiger partial charge in [0.25, 0.3) is 5.91 Å². The van der Waals surface area contributed by atoms with Crippen molar-refractivity contribution in [2.75, 3.05) is 20.1 Å². The highest BCUT2D eigenvalue weighted by Gasteiger charge is 2.26. The maximum Gasteiger partial charge on any atom is 0.255 e. The highest BCUT2D eigenvalue weighted by atomic mass is 16.2. The van der Waals surface area contributed by atoms with E-state index in [0.717, 1.165) is 24.5 Å². The third-order valence-corrected chi connectivity index (χ3v) is 3.08. The molecule has 4 nitrogen and oxygen atoms in total. The lowest BCUT2D eigenvalue weighted by atomic mass is 10.1. The lowest BCUT2D eigenvalue weighted by Crippen LogP contribution is -2.57. The van der Waals surface area contributed by atoms with Gasteiger partial charge >= 0.3 is 0 Å². The van der Waals surface area contributed by atoms with E-state index in [9.17, 15) is 4.79 Å². The maximum absolute atomic E-state index is 12.2. The Bertz CT molecular complexity index is 413. The van der Waals surface area contributed by atoms with E-state index in [0.29, 0.717) is 11.6 Å². The number of likely N-dealkylation sites (N-methyl/N-ethyl adjacent to an activating group) is 1. The number of amides is 1. The Morgan fingerprint density at radius 1 is 1.44 bits per heavy atom. The van der Waals surface area contributed by atoms with E-state index in [4.69, 9.17) is 0 Å². The zero-order valence-corrected chi connectivity index (χ0v) is 9.95. The normalized spacial score (nSPS) is 15.7. The summed E-state index contributed by atoms with van der Waals surface area (Å²) in [7, 11) is 1.85. The molecule has 0 atom stereocenters. The summed E-state index contributed by atoms with van der Waals surface area (Å²) in [5.41, 5.74) is 2.46. The van der Waals surface area contributed by atoms with Crippen LogP contribution in [0.3, 0.4) is 0 Å². The highest BCUT2D eigenvalue weighted by molar-refractivity contribution is 5.95. The molecule has 0 spiro atoms. The molecular formula is C12H17N3O. The van der Waals surface area contributed by atoms with E-state index >= 15 is 0 Å². The van der Waals surface area contributed by atoms with Crippen molar-refractivity contribution >= 4 is 5.91 Å². The van der Waals surface area contributed by atoms with E-state index < -0.39 is 0 Å². The van der Waals surface area contributed by atoms with E-state index in [2.05, 4.69) is 10.3 Å². The van der Waals surface area contributed by atoms with Crippen molar-refractivity contribution in [1.29, 1.82) is 0 Å². The van der Waals surface area contributed by atoms with Gasteiger partial charge in [-0.05, 0) is 26.0 Å². The molecule has 0 radical (unpaired) electrons. The quantitative estimate of drug-likeness (QED) is 0.798. The van der Waals surface area contributed by atoms with Crippen LogP contribution >= 0.6 is 0 Å². The minimum Gasteiger partial charge on any atom is -0.336 e. The van der Waals surface area contributed by atoms with Crippen LogP contribution in [0.1, 0.15) is 21.7 Å². The Hall–Kier alpha value is -1.42. The number of pyridine rings is 1. The van der Waals surface area contributed by atoms with Gasteiger partial charge in [0.05, 0.1) is 17.3 Å². The lowest BCUT2D eigenvalue weighted by molar-refractivity contribution is 0.0680. The van der Waals surface area contributed by atoms with E-state index in [1.807, 2.05) is 33.0 Å². The zero-order chi connectivity index (χ0) is 11.7. The number of aromatic nitrogens is 1. The van der Waals surface area contributed by atoms with Crippen molar-refractivity contribution < 1.29 is 4.79 Å². The fourth-order valence-electron chi connectivity index (χ4n) is 1.82. The van der Waals surface area contributed by atoms with E-state index in [-0.39, 0.29) is 5.91 Å². The fourth-order valence-corrected chi connectivity index (χ4v) is 1.82. The third kappa shape index (κ3) is 1.93. The molecule has 1 aromatic rings. The van der Waals surface area contributed by atoms with Crippen LogP contribution in [-0.2, 0) is 0 Å². The predicted octanol–water partition coefficient (Wildman–Crippen LogP) is 0.742. The lowest BCUT2D eigenvalue weighted by Gasteiger charge is -2.35.